The fourth-order valence-corrected chi connectivity index (χ4v) is 2.71. The number of amides is 1. The minimum absolute atomic E-state index is 0.378. The van der Waals surface area contributed by atoms with Gasteiger partial charge in [-0.05, 0) is 36.1 Å². The number of hydrogen-bond donors (Lipinski definition) is 3. The van der Waals surface area contributed by atoms with Gasteiger partial charge >= 0.3 is 0 Å². The molecule has 7 heteroatoms. The largest absolute Gasteiger partial charge is 0.361 e. The molecule has 0 aliphatic rings. The SMILES string of the molecule is CS(=O)(=O)NCCc1c[nH]c2ccc(CCNC=O)cc12. The van der Waals surface area contributed by atoms with Crippen LogP contribution in [0.4, 0.5) is 0 Å². The Hall–Kier alpha value is -1.86. The van der Waals surface area contributed by atoms with E-state index in [-0.39, 0.29) is 0 Å². The Morgan fingerprint density at radius 2 is 2.05 bits per heavy atom. The van der Waals surface area contributed by atoms with Gasteiger partial charge in [0, 0.05) is 30.2 Å². The summed E-state index contributed by atoms with van der Waals surface area (Å²) >= 11 is 0. The summed E-state index contributed by atoms with van der Waals surface area (Å²) < 4.78 is 24.6. The molecule has 6 nitrogen and oxygen atoms in total. The molecule has 1 aromatic heterocycles. The highest BCUT2D eigenvalue weighted by Gasteiger charge is 2.06. The van der Waals surface area contributed by atoms with E-state index in [1.165, 1.54) is 0 Å². The molecule has 0 spiro atoms. The predicted octanol–water partition coefficient (Wildman–Crippen LogP) is 0.548. The van der Waals surface area contributed by atoms with E-state index >= 15 is 0 Å². The van der Waals surface area contributed by atoms with Gasteiger partial charge in [0.2, 0.25) is 16.4 Å². The number of aromatic nitrogens is 1. The topological polar surface area (TPSA) is 91.1 Å². The van der Waals surface area contributed by atoms with E-state index in [9.17, 15) is 13.2 Å². The fourth-order valence-electron chi connectivity index (χ4n) is 2.23. The van der Waals surface area contributed by atoms with Crippen LogP contribution < -0.4 is 10.0 Å². The molecule has 0 unspecified atom stereocenters. The molecule has 1 aromatic carbocycles. The summed E-state index contributed by atoms with van der Waals surface area (Å²) in [4.78, 5) is 13.4. The Morgan fingerprint density at radius 3 is 2.76 bits per heavy atom. The number of sulfonamides is 1. The van der Waals surface area contributed by atoms with Crippen LogP contribution in [0.25, 0.3) is 10.9 Å². The minimum atomic E-state index is -3.16. The van der Waals surface area contributed by atoms with Crippen molar-refractivity contribution in [3.63, 3.8) is 0 Å². The molecule has 0 aliphatic heterocycles. The number of benzene rings is 1. The molecule has 0 atom stereocenters. The van der Waals surface area contributed by atoms with Gasteiger partial charge in [-0.2, -0.15) is 0 Å². The predicted molar refractivity (Wildman–Crippen MR) is 82.6 cm³/mol. The van der Waals surface area contributed by atoms with E-state index < -0.39 is 10.0 Å². The zero-order chi connectivity index (χ0) is 15.3. The highest BCUT2D eigenvalue weighted by Crippen LogP contribution is 2.20. The van der Waals surface area contributed by atoms with Crippen LogP contribution in [0.1, 0.15) is 11.1 Å². The van der Waals surface area contributed by atoms with E-state index in [1.54, 1.807) is 0 Å². The van der Waals surface area contributed by atoms with E-state index in [0.29, 0.717) is 25.9 Å². The average molecular weight is 309 g/mol. The Bertz CT molecular complexity index is 722. The summed E-state index contributed by atoms with van der Waals surface area (Å²) in [7, 11) is -3.16. The van der Waals surface area contributed by atoms with Gasteiger partial charge in [-0.25, -0.2) is 13.1 Å². The third-order valence-corrected chi connectivity index (χ3v) is 3.96. The number of H-pyrrole nitrogens is 1. The van der Waals surface area contributed by atoms with Crippen molar-refractivity contribution >= 4 is 27.3 Å². The van der Waals surface area contributed by atoms with Crippen molar-refractivity contribution in [3.8, 4) is 0 Å². The van der Waals surface area contributed by atoms with Crippen LogP contribution in [-0.2, 0) is 27.7 Å². The average Bonchev–Trinajstić information content (AvgIpc) is 2.81. The highest BCUT2D eigenvalue weighted by atomic mass is 32.2. The molecule has 0 radical (unpaired) electrons. The van der Waals surface area contributed by atoms with Crippen molar-refractivity contribution in [2.75, 3.05) is 19.3 Å². The first-order chi connectivity index (χ1) is 9.99. The summed E-state index contributed by atoms with van der Waals surface area (Å²) in [5.41, 5.74) is 3.23. The highest BCUT2D eigenvalue weighted by molar-refractivity contribution is 7.88. The quantitative estimate of drug-likeness (QED) is 0.491. The molecule has 21 heavy (non-hydrogen) atoms. The molecule has 2 aromatic rings. The Balaban J connectivity index is 2.09. The standard InChI is InChI=1S/C14H19N3O3S/c1-21(19,20)17-7-5-12-9-16-14-3-2-11(8-13(12)14)4-6-15-10-18/h2-3,8-10,16-17H,4-7H2,1H3,(H,15,18). The maximum absolute atomic E-state index is 11.1. The Labute approximate surface area is 124 Å². The molecular formula is C14H19N3O3S. The van der Waals surface area contributed by atoms with Crippen LogP contribution in [0.2, 0.25) is 0 Å². The van der Waals surface area contributed by atoms with Crippen LogP contribution >= 0.6 is 0 Å². The number of carbonyl (C=O) groups is 1. The smallest absolute Gasteiger partial charge is 0.208 e. The number of nitrogens with one attached hydrogen (secondary N) is 3. The molecule has 1 heterocycles. The second kappa shape index (κ2) is 6.73. The van der Waals surface area contributed by atoms with Crippen molar-refractivity contribution < 1.29 is 13.2 Å². The van der Waals surface area contributed by atoms with Crippen LogP contribution in [0, 0.1) is 0 Å². The summed E-state index contributed by atoms with van der Waals surface area (Å²) in [6.45, 7) is 0.979. The van der Waals surface area contributed by atoms with Gasteiger partial charge in [-0.3, -0.25) is 4.79 Å². The lowest BCUT2D eigenvalue weighted by atomic mass is 10.1. The first-order valence-electron chi connectivity index (χ1n) is 6.70. The van der Waals surface area contributed by atoms with Gasteiger partial charge in [0.05, 0.1) is 6.26 Å². The summed E-state index contributed by atoms with van der Waals surface area (Å²) in [6.07, 6.45) is 5.14. The van der Waals surface area contributed by atoms with E-state index in [4.69, 9.17) is 0 Å². The van der Waals surface area contributed by atoms with Gasteiger partial charge < -0.3 is 10.3 Å². The van der Waals surface area contributed by atoms with Gasteiger partial charge in [0.1, 0.15) is 0 Å². The van der Waals surface area contributed by atoms with Crippen molar-refractivity contribution in [3.05, 3.63) is 35.5 Å². The molecule has 3 N–H and O–H groups in total. The molecule has 0 saturated carbocycles. The maximum Gasteiger partial charge on any atom is 0.208 e. The van der Waals surface area contributed by atoms with Crippen molar-refractivity contribution in [1.82, 2.24) is 15.0 Å². The van der Waals surface area contributed by atoms with Gasteiger partial charge in [0.15, 0.2) is 0 Å². The zero-order valence-electron chi connectivity index (χ0n) is 11.8. The molecule has 0 bridgehead atoms. The first kappa shape index (κ1) is 15.5. The van der Waals surface area contributed by atoms with Crippen LogP contribution in [0.5, 0.6) is 0 Å². The Kier molecular flexibility index (Phi) is 4.98. The molecule has 0 aliphatic carbocycles. The van der Waals surface area contributed by atoms with E-state index in [1.807, 2.05) is 18.3 Å². The number of hydrogen-bond acceptors (Lipinski definition) is 3. The summed E-state index contributed by atoms with van der Waals surface area (Å²) in [5, 5.41) is 3.73. The number of carbonyl (C=O) groups excluding carboxylic acids is 1. The molecule has 1 amide bonds. The summed E-state index contributed by atoms with van der Waals surface area (Å²) in [5.74, 6) is 0. The molecule has 0 saturated heterocycles. The number of aromatic amines is 1. The van der Waals surface area contributed by atoms with Crippen molar-refractivity contribution in [1.29, 1.82) is 0 Å². The third kappa shape index (κ3) is 4.57. The second-order valence-corrected chi connectivity index (χ2v) is 6.77. The minimum Gasteiger partial charge on any atom is -0.361 e. The fraction of sp³-hybridized carbons (Fsp3) is 0.357. The lowest BCUT2D eigenvalue weighted by molar-refractivity contribution is -0.109. The molecule has 0 fully saturated rings. The lowest BCUT2D eigenvalue weighted by Gasteiger charge is -2.04. The normalized spacial score (nSPS) is 11.7. The number of rotatable bonds is 8. The zero-order valence-corrected chi connectivity index (χ0v) is 12.7. The maximum atomic E-state index is 11.1. The Morgan fingerprint density at radius 1 is 1.24 bits per heavy atom. The van der Waals surface area contributed by atoms with Crippen LogP contribution in [-0.4, -0.2) is 39.2 Å². The van der Waals surface area contributed by atoms with E-state index in [2.05, 4.69) is 21.1 Å². The summed E-state index contributed by atoms with van der Waals surface area (Å²) in [6, 6.07) is 6.09. The lowest BCUT2D eigenvalue weighted by Crippen LogP contribution is -2.24. The first-order valence-corrected chi connectivity index (χ1v) is 8.59. The molecular weight excluding hydrogens is 290 g/mol. The second-order valence-electron chi connectivity index (χ2n) is 4.93. The third-order valence-electron chi connectivity index (χ3n) is 3.23. The van der Waals surface area contributed by atoms with Gasteiger partial charge in [-0.1, -0.05) is 6.07 Å². The van der Waals surface area contributed by atoms with Gasteiger partial charge in [0.25, 0.3) is 0 Å². The van der Waals surface area contributed by atoms with Crippen molar-refractivity contribution in [2.45, 2.75) is 12.8 Å². The monoisotopic (exact) mass is 309 g/mol. The van der Waals surface area contributed by atoms with E-state index in [0.717, 1.165) is 34.7 Å². The molecule has 114 valence electrons. The van der Waals surface area contributed by atoms with Crippen LogP contribution in [0.3, 0.4) is 0 Å². The van der Waals surface area contributed by atoms with Gasteiger partial charge in [-0.15, -0.1) is 0 Å². The van der Waals surface area contributed by atoms with Crippen molar-refractivity contribution in [2.24, 2.45) is 0 Å². The van der Waals surface area contributed by atoms with Crippen LogP contribution in [0.15, 0.2) is 24.4 Å². The number of fused-ring (bicyclic) bond motifs is 1. The molecule has 2 rings (SSSR count).